The third-order valence-corrected chi connectivity index (χ3v) is 5.94. The van der Waals surface area contributed by atoms with Gasteiger partial charge < -0.3 is 16.0 Å². The molecule has 1 atom stereocenters. The maximum absolute atomic E-state index is 12.7. The summed E-state index contributed by atoms with van der Waals surface area (Å²) in [5.41, 5.74) is 7.88. The SMILES string of the molecule is Cc1ccccc1Nc1nc(N)nc(CSC(C)C(=O)N2CCCCCC2)n1. The fraction of sp³-hybridized carbons (Fsp3) is 0.500. The molecule has 1 amide bonds. The lowest BCUT2D eigenvalue weighted by Gasteiger charge is -2.23. The number of anilines is 3. The Balaban J connectivity index is 1.61. The molecule has 3 N–H and O–H groups in total. The molecule has 1 saturated heterocycles. The molecule has 1 aliphatic rings. The lowest BCUT2D eigenvalue weighted by Crippen LogP contribution is -2.37. The molecule has 1 aromatic carbocycles. The normalized spacial score (nSPS) is 15.7. The second-order valence-corrected chi connectivity index (χ2v) is 8.40. The molecule has 2 aromatic rings. The van der Waals surface area contributed by atoms with Gasteiger partial charge in [0.05, 0.1) is 11.0 Å². The van der Waals surface area contributed by atoms with Gasteiger partial charge >= 0.3 is 0 Å². The minimum absolute atomic E-state index is 0.135. The van der Waals surface area contributed by atoms with Gasteiger partial charge in [-0.1, -0.05) is 31.0 Å². The fourth-order valence-electron chi connectivity index (χ4n) is 3.21. The summed E-state index contributed by atoms with van der Waals surface area (Å²) < 4.78 is 0. The van der Waals surface area contributed by atoms with Crippen LogP contribution >= 0.6 is 11.8 Å². The highest BCUT2D eigenvalue weighted by Crippen LogP contribution is 2.22. The summed E-state index contributed by atoms with van der Waals surface area (Å²) in [4.78, 5) is 27.6. The van der Waals surface area contributed by atoms with E-state index in [1.807, 2.05) is 43.0 Å². The Morgan fingerprint density at radius 1 is 1.18 bits per heavy atom. The molecular formula is C20H28N6OS. The van der Waals surface area contributed by atoms with Crippen LogP contribution in [0.5, 0.6) is 0 Å². The van der Waals surface area contributed by atoms with Crippen LogP contribution in [0.3, 0.4) is 0 Å². The zero-order chi connectivity index (χ0) is 19.9. The van der Waals surface area contributed by atoms with Crippen LogP contribution in [0.4, 0.5) is 17.6 Å². The van der Waals surface area contributed by atoms with E-state index in [-0.39, 0.29) is 17.1 Å². The van der Waals surface area contributed by atoms with E-state index in [0.29, 0.717) is 17.5 Å². The number of nitrogens with two attached hydrogens (primary N) is 1. The number of aryl methyl sites for hydroxylation is 1. The quantitative estimate of drug-likeness (QED) is 0.765. The smallest absolute Gasteiger partial charge is 0.235 e. The van der Waals surface area contributed by atoms with Crippen molar-refractivity contribution in [3.63, 3.8) is 0 Å². The average Bonchev–Trinajstić information content (AvgIpc) is 2.96. The van der Waals surface area contributed by atoms with Gasteiger partial charge in [0, 0.05) is 18.8 Å². The molecule has 3 rings (SSSR count). The second-order valence-electron chi connectivity index (χ2n) is 7.07. The summed E-state index contributed by atoms with van der Waals surface area (Å²) in [6.45, 7) is 5.70. The number of rotatable bonds is 6. The van der Waals surface area contributed by atoms with Crippen LogP contribution in [0.15, 0.2) is 24.3 Å². The molecule has 0 radical (unpaired) electrons. The minimum Gasteiger partial charge on any atom is -0.368 e. The van der Waals surface area contributed by atoms with E-state index in [0.717, 1.165) is 37.2 Å². The summed E-state index contributed by atoms with van der Waals surface area (Å²) in [6.07, 6.45) is 4.63. The van der Waals surface area contributed by atoms with Crippen molar-refractivity contribution in [2.75, 3.05) is 24.1 Å². The number of hydrogen-bond donors (Lipinski definition) is 2. The highest BCUT2D eigenvalue weighted by molar-refractivity contribution is 7.99. The zero-order valence-electron chi connectivity index (χ0n) is 16.5. The monoisotopic (exact) mass is 400 g/mol. The third-order valence-electron chi connectivity index (χ3n) is 4.82. The lowest BCUT2D eigenvalue weighted by atomic mass is 10.2. The first-order valence-corrected chi connectivity index (χ1v) is 10.8. The van der Waals surface area contributed by atoms with Crippen LogP contribution < -0.4 is 11.1 Å². The van der Waals surface area contributed by atoms with E-state index in [1.165, 1.54) is 24.6 Å². The van der Waals surface area contributed by atoms with Crippen LogP contribution in [0.1, 0.15) is 44.0 Å². The van der Waals surface area contributed by atoms with E-state index in [4.69, 9.17) is 5.73 Å². The van der Waals surface area contributed by atoms with E-state index >= 15 is 0 Å². The topological polar surface area (TPSA) is 97.0 Å². The van der Waals surface area contributed by atoms with Crippen molar-refractivity contribution in [2.24, 2.45) is 0 Å². The first-order chi connectivity index (χ1) is 13.5. The van der Waals surface area contributed by atoms with Crippen molar-refractivity contribution in [1.82, 2.24) is 19.9 Å². The Hall–Kier alpha value is -2.35. The van der Waals surface area contributed by atoms with Gasteiger partial charge in [-0.15, -0.1) is 11.8 Å². The number of carbonyl (C=O) groups excluding carboxylic acids is 1. The van der Waals surface area contributed by atoms with Gasteiger partial charge in [0.2, 0.25) is 17.8 Å². The number of nitrogens with zero attached hydrogens (tertiary/aromatic N) is 4. The Bertz CT molecular complexity index is 807. The number of aromatic nitrogens is 3. The molecule has 28 heavy (non-hydrogen) atoms. The first kappa shape index (κ1) is 20.4. The molecule has 1 aromatic heterocycles. The van der Waals surface area contributed by atoms with Crippen molar-refractivity contribution in [3.05, 3.63) is 35.7 Å². The van der Waals surface area contributed by atoms with Gasteiger partial charge in [-0.2, -0.15) is 15.0 Å². The second kappa shape index (κ2) is 9.73. The van der Waals surface area contributed by atoms with Crippen LogP contribution in [0.2, 0.25) is 0 Å². The first-order valence-electron chi connectivity index (χ1n) is 9.76. The van der Waals surface area contributed by atoms with Crippen molar-refractivity contribution in [1.29, 1.82) is 0 Å². The average molecular weight is 401 g/mol. The molecule has 1 fully saturated rings. The maximum atomic E-state index is 12.7. The number of nitrogens with one attached hydrogen (secondary N) is 1. The van der Waals surface area contributed by atoms with Crippen molar-refractivity contribution in [2.45, 2.75) is 50.5 Å². The number of likely N-dealkylation sites (tertiary alicyclic amines) is 1. The molecule has 0 saturated carbocycles. The largest absolute Gasteiger partial charge is 0.368 e. The molecule has 150 valence electrons. The predicted molar refractivity (Wildman–Crippen MR) is 115 cm³/mol. The molecule has 7 nitrogen and oxygen atoms in total. The van der Waals surface area contributed by atoms with E-state index in [1.54, 1.807) is 0 Å². The molecule has 8 heteroatoms. The molecule has 0 bridgehead atoms. The summed E-state index contributed by atoms with van der Waals surface area (Å²) in [6, 6.07) is 7.91. The Labute approximate surface area is 170 Å². The highest BCUT2D eigenvalue weighted by atomic mass is 32.2. The van der Waals surface area contributed by atoms with Crippen LogP contribution in [-0.2, 0) is 10.5 Å². The zero-order valence-corrected chi connectivity index (χ0v) is 17.3. The number of para-hydroxylation sites is 1. The Morgan fingerprint density at radius 2 is 1.89 bits per heavy atom. The highest BCUT2D eigenvalue weighted by Gasteiger charge is 2.22. The number of hydrogen-bond acceptors (Lipinski definition) is 7. The van der Waals surface area contributed by atoms with Gasteiger partial charge in [0.15, 0.2) is 0 Å². The van der Waals surface area contributed by atoms with Crippen LogP contribution in [0, 0.1) is 6.92 Å². The Kier molecular flexibility index (Phi) is 7.08. The number of nitrogen functional groups attached to an aromatic ring is 1. The summed E-state index contributed by atoms with van der Waals surface area (Å²) in [5.74, 6) is 1.88. The number of benzene rings is 1. The van der Waals surface area contributed by atoms with Gasteiger partial charge in [-0.05, 0) is 38.3 Å². The van der Waals surface area contributed by atoms with E-state index < -0.39 is 0 Å². The number of carbonyl (C=O) groups is 1. The van der Waals surface area contributed by atoms with Gasteiger partial charge in [0.25, 0.3) is 0 Å². The number of thioether (sulfide) groups is 1. The number of amides is 1. The standard InChI is InChI=1S/C20H28N6OS/c1-14-9-5-6-10-16(14)22-20-24-17(23-19(21)25-20)13-28-15(2)18(27)26-11-7-3-4-8-12-26/h5-6,9-10,15H,3-4,7-8,11-13H2,1-2H3,(H3,21,22,23,24,25). The van der Waals surface area contributed by atoms with Crippen LogP contribution in [-0.4, -0.2) is 44.1 Å². The van der Waals surface area contributed by atoms with E-state index in [2.05, 4.69) is 20.3 Å². The van der Waals surface area contributed by atoms with Gasteiger partial charge in [-0.25, -0.2) is 0 Å². The molecular weight excluding hydrogens is 372 g/mol. The Morgan fingerprint density at radius 3 is 2.61 bits per heavy atom. The fourth-order valence-corrected chi connectivity index (χ4v) is 4.03. The lowest BCUT2D eigenvalue weighted by molar-refractivity contribution is -0.130. The van der Waals surface area contributed by atoms with Gasteiger partial charge in [-0.3, -0.25) is 4.79 Å². The summed E-state index contributed by atoms with van der Waals surface area (Å²) in [7, 11) is 0. The molecule has 1 unspecified atom stereocenters. The molecule has 0 aliphatic carbocycles. The van der Waals surface area contributed by atoms with Crippen LogP contribution in [0.25, 0.3) is 0 Å². The molecule has 0 spiro atoms. The molecule has 1 aliphatic heterocycles. The predicted octanol–water partition coefficient (Wildman–Crippen LogP) is 3.53. The molecule has 2 heterocycles. The maximum Gasteiger partial charge on any atom is 0.235 e. The van der Waals surface area contributed by atoms with Crippen molar-refractivity contribution < 1.29 is 4.79 Å². The minimum atomic E-state index is -0.135. The van der Waals surface area contributed by atoms with E-state index in [9.17, 15) is 4.79 Å². The van der Waals surface area contributed by atoms with Gasteiger partial charge in [0.1, 0.15) is 5.82 Å². The summed E-state index contributed by atoms with van der Waals surface area (Å²) in [5, 5.41) is 3.06. The third kappa shape index (κ3) is 5.58. The van der Waals surface area contributed by atoms with Crippen molar-refractivity contribution in [3.8, 4) is 0 Å². The summed E-state index contributed by atoms with van der Waals surface area (Å²) >= 11 is 1.54. The van der Waals surface area contributed by atoms with Crippen molar-refractivity contribution >= 4 is 35.3 Å².